The van der Waals surface area contributed by atoms with Crippen molar-refractivity contribution in [2.24, 2.45) is 0 Å². The lowest BCUT2D eigenvalue weighted by Crippen LogP contribution is -2.40. The zero-order chi connectivity index (χ0) is 14.9. The van der Waals surface area contributed by atoms with E-state index in [1.165, 1.54) is 16.8 Å². The molecule has 3 N–H and O–H groups in total. The number of nitrogen functional groups attached to an aromatic ring is 1. The Morgan fingerprint density at radius 2 is 2.50 bits per heavy atom. The predicted octanol–water partition coefficient (Wildman–Crippen LogP) is 0.200. The van der Waals surface area contributed by atoms with E-state index in [1.54, 1.807) is 6.92 Å². The lowest BCUT2D eigenvalue weighted by atomic mass is 10.0. The van der Waals surface area contributed by atoms with E-state index in [0.717, 1.165) is 0 Å². The maximum atomic E-state index is 11.8. The molecule has 112 valence electrons. The van der Waals surface area contributed by atoms with Gasteiger partial charge in [-0.1, -0.05) is 12.2 Å². The molecule has 2 unspecified atom stereocenters. The summed E-state index contributed by atoms with van der Waals surface area (Å²) in [7, 11) is -2.49. The fraction of sp³-hybridized carbons (Fsp3) is 0.600. The van der Waals surface area contributed by atoms with Crippen molar-refractivity contribution >= 4 is 25.3 Å². The molecular formula is C10H16N3O5PS. The van der Waals surface area contributed by atoms with E-state index in [2.05, 4.69) is 17.2 Å². The Labute approximate surface area is 120 Å². The van der Waals surface area contributed by atoms with Gasteiger partial charge in [0.25, 0.3) is 0 Å². The van der Waals surface area contributed by atoms with Crippen LogP contribution in [0.3, 0.4) is 0 Å². The molecule has 1 fully saturated rings. The quantitative estimate of drug-likeness (QED) is 0.536. The first kappa shape index (κ1) is 15.5. The van der Waals surface area contributed by atoms with Crippen LogP contribution in [0.25, 0.3) is 0 Å². The molecule has 2 rings (SSSR count). The van der Waals surface area contributed by atoms with Gasteiger partial charge in [0, 0.05) is 12.6 Å². The first-order chi connectivity index (χ1) is 9.35. The Balaban J connectivity index is 2.28. The molecule has 0 radical (unpaired) electrons. The summed E-state index contributed by atoms with van der Waals surface area (Å²) in [6, 6.07) is 1.47. The number of nitrogens with zero attached hydrogens (tertiary/aromatic N) is 2. The van der Waals surface area contributed by atoms with E-state index >= 15 is 0 Å². The summed E-state index contributed by atoms with van der Waals surface area (Å²) in [5.41, 5.74) is 3.80. The highest BCUT2D eigenvalue weighted by Crippen LogP contribution is 2.43. The molecule has 1 aromatic heterocycles. The third-order valence-electron chi connectivity index (χ3n) is 3.22. The highest BCUT2D eigenvalue weighted by Gasteiger charge is 2.47. The van der Waals surface area contributed by atoms with E-state index in [4.69, 9.17) is 15.0 Å². The smallest absolute Gasteiger partial charge is 0.351 e. The lowest BCUT2D eigenvalue weighted by Gasteiger charge is -2.27. The highest BCUT2D eigenvalue weighted by molar-refractivity contribution is 8.39. The van der Waals surface area contributed by atoms with Crippen LogP contribution in [0.4, 0.5) is 5.82 Å². The molecule has 4 atom stereocenters. The second-order valence-corrected chi connectivity index (χ2v) is 6.56. The summed E-state index contributed by atoms with van der Waals surface area (Å²) in [6.45, 7) is 1.28. The van der Waals surface area contributed by atoms with Gasteiger partial charge < -0.3 is 20.1 Å². The van der Waals surface area contributed by atoms with Crippen LogP contribution in [0.2, 0.25) is 0 Å². The molecule has 0 aliphatic carbocycles. The summed E-state index contributed by atoms with van der Waals surface area (Å²) < 4.78 is 23.3. The number of nitrogens with two attached hydrogens (primary N) is 1. The average Bonchev–Trinajstić information content (AvgIpc) is 2.66. The molecule has 0 spiro atoms. The molecule has 1 aliphatic heterocycles. The first-order valence-corrected chi connectivity index (χ1v) is 8.49. The SMILES string of the molecule is C[C@]1(CO)O[C@@H](n2ccc(N)nc2=O)CC1O[PH](=O)S. The predicted molar refractivity (Wildman–Crippen MR) is 76.0 cm³/mol. The maximum Gasteiger partial charge on any atom is 0.351 e. The molecule has 1 saturated heterocycles. The van der Waals surface area contributed by atoms with Crippen LogP contribution in [0, 0.1) is 0 Å². The molecule has 1 aliphatic rings. The summed E-state index contributed by atoms with van der Waals surface area (Å²) in [4.78, 5) is 15.4. The number of aliphatic hydroxyl groups excluding tert-OH is 1. The van der Waals surface area contributed by atoms with Crippen molar-refractivity contribution in [2.45, 2.75) is 31.3 Å². The molecule has 10 heteroatoms. The Morgan fingerprint density at radius 1 is 1.80 bits per heavy atom. The molecule has 0 saturated carbocycles. The highest BCUT2D eigenvalue weighted by atomic mass is 32.7. The van der Waals surface area contributed by atoms with Crippen LogP contribution < -0.4 is 11.4 Å². The van der Waals surface area contributed by atoms with Gasteiger partial charge in [-0.2, -0.15) is 4.98 Å². The van der Waals surface area contributed by atoms with E-state index in [0.29, 0.717) is 0 Å². The van der Waals surface area contributed by atoms with Crippen LogP contribution in [0.1, 0.15) is 19.6 Å². The van der Waals surface area contributed by atoms with E-state index in [1.807, 2.05) is 0 Å². The Morgan fingerprint density at radius 3 is 3.05 bits per heavy atom. The molecule has 0 aromatic carbocycles. The minimum atomic E-state index is -2.49. The van der Waals surface area contributed by atoms with E-state index in [-0.39, 0.29) is 18.8 Å². The van der Waals surface area contributed by atoms with Crippen LogP contribution in [0.5, 0.6) is 0 Å². The Kier molecular flexibility index (Phi) is 4.55. The Bertz CT molecular complexity index is 582. The summed E-state index contributed by atoms with van der Waals surface area (Å²) in [5.74, 6) is 0.113. The van der Waals surface area contributed by atoms with Crippen molar-refractivity contribution in [3.8, 4) is 0 Å². The van der Waals surface area contributed by atoms with E-state index in [9.17, 15) is 14.5 Å². The summed E-state index contributed by atoms with van der Waals surface area (Å²) in [6.07, 6.45) is 0.400. The average molecular weight is 321 g/mol. The monoisotopic (exact) mass is 321 g/mol. The molecule has 1 aromatic rings. The third-order valence-corrected chi connectivity index (χ3v) is 4.02. The van der Waals surface area contributed by atoms with Gasteiger partial charge >= 0.3 is 5.69 Å². The van der Waals surface area contributed by atoms with Gasteiger partial charge in [-0.05, 0) is 13.0 Å². The molecule has 0 amide bonds. The normalized spacial score (nSPS) is 31.4. The molecular weight excluding hydrogens is 305 g/mol. The number of anilines is 1. The number of aromatic nitrogens is 2. The number of aliphatic hydroxyl groups is 1. The number of ether oxygens (including phenoxy) is 1. The van der Waals surface area contributed by atoms with Crippen molar-refractivity contribution in [1.29, 1.82) is 0 Å². The van der Waals surface area contributed by atoms with Crippen LogP contribution in [-0.2, 0) is 13.8 Å². The molecule has 0 bridgehead atoms. The van der Waals surface area contributed by atoms with Gasteiger partial charge in [0.15, 0.2) is 0 Å². The van der Waals surface area contributed by atoms with Crippen LogP contribution in [-0.4, -0.2) is 33.0 Å². The lowest BCUT2D eigenvalue weighted by molar-refractivity contribution is -0.111. The number of hydrogen-bond acceptors (Lipinski definition) is 7. The second kappa shape index (κ2) is 5.87. The van der Waals surface area contributed by atoms with Crippen molar-refractivity contribution in [3.05, 3.63) is 22.7 Å². The Hall–Kier alpha value is -0.860. The van der Waals surface area contributed by atoms with E-state index < -0.39 is 30.9 Å². The minimum absolute atomic E-state index is 0.113. The van der Waals surface area contributed by atoms with Crippen molar-refractivity contribution in [2.75, 3.05) is 12.3 Å². The van der Waals surface area contributed by atoms with Gasteiger partial charge in [-0.25, -0.2) is 4.79 Å². The summed E-state index contributed by atoms with van der Waals surface area (Å²) in [5, 5.41) is 9.44. The van der Waals surface area contributed by atoms with Crippen molar-refractivity contribution in [3.63, 3.8) is 0 Å². The van der Waals surface area contributed by atoms with Gasteiger partial charge in [-0.15, -0.1) is 0 Å². The van der Waals surface area contributed by atoms with Crippen LogP contribution in [0.15, 0.2) is 17.1 Å². The number of rotatable bonds is 4. The summed E-state index contributed by atoms with van der Waals surface area (Å²) >= 11 is 3.73. The standard InChI is InChI=1S/C10H16N3O5PS/c1-10(5-14)6(18-19(16)20)4-8(17-10)13-3-2-7(11)12-9(13)15/h2-3,6,8,14,19H,4-5H2,1H3,(H,16,20)(H2,11,12,15)/t6?,8-,10-/m1/s1. The van der Waals surface area contributed by atoms with Crippen LogP contribution >= 0.6 is 19.5 Å². The van der Waals surface area contributed by atoms with Gasteiger partial charge in [0.2, 0.25) is 7.23 Å². The first-order valence-electron chi connectivity index (χ1n) is 5.88. The zero-order valence-electron chi connectivity index (χ0n) is 10.7. The maximum absolute atomic E-state index is 11.8. The van der Waals surface area contributed by atoms with Gasteiger partial charge in [0.05, 0.1) is 6.61 Å². The van der Waals surface area contributed by atoms with Crippen molar-refractivity contribution in [1.82, 2.24) is 9.55 Å². The van der Waals surface area contributed by atoms with Gasteiger partial charge in [0.1, 0.15) is 23.8 Å². The minimum Gasteiger partial charge on any atom is -0.393 e. The molecule has 20 heavy (non-hydrogen) atoms. The second-order valence-electron chi connectivity index (χ2n) is 4.69. The number of hydrogen-bond donors (Lipinski definition) is 3. The topological polar surface area (TPSA) is 117 Å². The zero-order valence-corrected chi connectivity index (χ0v) is 12.6. The van der Waals surface area contributed by atoms with Crippen molar-refractivity contribution < 1.29 is 18.9 Å². The van der Waals surface area contributed by atoms with Gasteiger partial charge in [-0.3, -0.25) is 9.13 Å². The largest absolute Gasteiger partial charge is 0.393 e. The fourth-order valence-corrected chi connectivity index (χ4v) is 3.09. The molecule has 2 heterocycles. The molecule has 8 nitrogen and oxygen atoms in total. The number of thiol groups is 1. The third kappa shape index (κ3) is 3.07. The fourth-order valence-electron chi connectivity index (χ4n) is 2.12.